The highest BCUT2D eigenvalue weighted by atomic mass is 16.5. The molecular weight excluding hydrogens is 376 g/mol. The molecule has 1 saturated heterocycles. The van der Waals surface area contributed by atoms with Gasteiger partial charge in [0.1, 0.15) is 17.7 Å². The molecule has 3 aromatic heterocycles. The van der Waals surface area contributed by atoms with Crippen molar-refractivity contribution < 1.29 is 4.74 Å². The quantitative estimate of drug-likeness (QED) is 0.665. The second-order valence-corrected chi connectivity index (χ2v) is 7.96. The van der Waals surface area contributed by atoms with Gasteiger partial charge in [-0.3, -0.25) is 9.88 Å². The molecule has 3 aromatic rings. The second kappa shape index (κ2) is 9.28. The Kier molecular flexibility index (Phi) is 6.30. The van der Waals surface area contributed by atoms with Crippen LogP contribution in [0.4, 0.5) is 11.5 Å². The SMILES string of the molecule is Cc1cccnc1Nc1ccc([C@H]2CN(Cc3cnc(C(C)C)nc3)CCO2)nc1. The van der Waals surface area contributed by atoms with E-state index < -0.39 is 0 Å². The molecule has 0 spiro atoms. The maximum atomic E-state index is 5.99. The summed E-state index contributed by atoms with van der Waals surface area (Å²) in [7, 11) is 0. The third kappa shape index (κ3) is 4.98. The Morgan fingerprint density at radius 1 is 1.10 bits per heavy atom. The number of anilines is 2. The van der Waals surface area contributed by atoms with Crippen LogP contribution in [-0.2, 0) is 11.3 Å². The molecule has 0 saturated carbocycles. The number of hydrogen-bond donors (Lipinski definition) is 1. The topological polar surface area (TPSA) is 76.1 Å². The maximum Gasteiger partial charge on any atom is 0.133 e. The molecule has 30 heavy (non-hydrogen) atoms. The van der Waals surface area contributed by atoms with Crippen molar-refractivity contribution in [1.29, 1.82) is 0 Å². The van der Waals surface area contributed by atoms with Gasteiger partial charge >= 0.3 is 0 Å². The molecule has 1 atom stereocenters. The van der Waals surface area contributed by atoms with E-state index >= 15 is 0 Å². The number of rotatable bonds is 6. The average molecular weight is 405 g/mol. The Hall–Kier alpha value is -2.90. The van der Waals surface area contributed by atoms with Crippen LogP contribution in [0.2, 0.25) is 0 Å². The van der Waals surface area contributed by atoms with E-state index in [0.29, 0.717) is 12.5 Å². The first-order valence-electron chi connectivity index (χ1n) is 10.4. The summed E-state index contributed by atoms with van der Waals surface area (Å²) in [6.07, 6.45) is 7.45. The molecule has 0 aliphatic carbocycles. The molecule has 0 radical (unpaired) electrons. The largest absolute Gasteiger partial charge is 0.369 e. The fourth-order valence-corrected chi connectivity index (χ4v) is 3.45. The molecule has 1 aliphatic heterocycles. The van der Waals surface area contributed by atoms with Crippen molar-refractivity contribution in [2.45, 2.75) is 39.3 Å². The first-order chi connectivity index (χ1) is 14.6. The third-order valence-corrected chi connectivity index (χ3v) is 5.19. The van der Waals surface area contributed by atoms with Gasteiger partial charge in [-0.25, -0.2) is 15.0 Å². The fraction of sp³-hybridized carbons (Fsp3) is 0.391. The van der Waals surface area contributed by atoms with Crippen molar-refractivity contribution in [1.82, 2.24) is 24.8 Å². The van der Waals surface area contributed by atoms with E-state index in [0.717, 1.165) is 53.8 Å². The van der Waals surface area contributed by atoms with Crippen LogP contribution in [0.5, 0.6) is 0 Å². The summed E-state index contributed by atoms with van der Waals surface area (Å²) in [6.45, 7) is 9.43. The average Bonchev–Trinajstić information content (AvgIpc) is 2.76. The van der Waals surface area contributed by atoms with E-state index in [4.69, 9.17) is 4.74 Å². The number of ether oxygens (including phenoxy) is 1. The second-order valence-electron chi connectivity index (χ2n) is 7.96. The van der Waals surface area contributed by atoms with Gasteiger partial charge in [0.15, 0.2) is 0 Å². The number of pyridine rings is 2. The summed E-state index contributed by atoms with van der Waals surface area (Å²) >= 11 is 0. The van der Waals surface area contributed by atoms with Gasteiger partial charge < -0.3 is 10.1 Å². The zero-order valence-corrected chi connectivity index (χ0v) is 17.7. The van der Waals surface area contributed by atoms with Crippen LogP contribution in [0.15, 0.2) is 49.1 Å². The van der Waals surface area contributed by atoms with Gasteiger partial charge in [0.25, 0.3) is 0 Å². The van der Waals surface area contributed by atoms with Crippen LogP contribution in [0.25, 0.3) is 0 Å². The van der Waals surface area contributed by atoms with E-state index in [1.807, 2.05) is 49.8 Å². The Morgan fingerprint density at radius 3 is 2.63 bits per heavy atom. The zero-order valence-electron chi connectivity index (χ0n) is 17.7. The molecule has 0 amide bonds. The van der Waals surface area contributed by atoms with Gasteiger partial charge in [-0.15, -0.1) is 0 Å². The number of aryl methyl sites for hydroxylation is 1. The van der Waals surface area contributed by atoms with Gasteiger partial charge in [-0.05, 0) is 30.7 Å². The summed E-state index contributed by atoms with van der Waals surface area (Å²) < 4.78 is 5.99. The van der Waals surface area contributed by atoms with Crippen molar-refractivity contribution in [3.8, 4) is 0 Å². The summed E-state index contributed by atoms with van der Waals surface area (Å²) in [6, 6.07) is 8.01. The predicted octanol–water partition coefficient (Wildman–Crippen LogP) is 4.02. The molecule has 7 nitrogen and oxygen atoms in total. The number of aromatic nitrogens is 4. The van der Waals surface area contributed by atoms with Crippen LogP contribution < -0.4 is 5.32 Å². The summed E-state index contributed by atoms with van der Waals surface area (Å²) in [4.78, 5) is 20.3. The lowest BCUT2D eigenvalue weighted by molar-refractivity contribution is -0.0350. The molecule has 1 aliphatic rings. The smallest absolute Gasteiger partial charge is 0.133 e. The number of nitrogens with zero attached hydrogens (tertiary/aromatic N) is 5. The molecule has 4 heterocycles. The van der Waals surface area contributed by atoms with E-state index in [1.165, 1.54) is 0 Å². The minimum Gasteiger partial charge on any atom is -0.369 e. The van der Waals surface area contributed by atoms with Crippen molar-refractivity contribution in [2.24, 2.45) is 0 Å². The van der Waals surface area contributed by atoms with Gasteiger partial charge in [-0.1, -0.05) is 19.9 Å². The van der Waals surface area contributed by atoms with Crippen LogP contribution in [-0.4, -0.2) is 44.5 Å². The molecule has 1 fully saturated rings. The van der Waals surface area contributed by atoms with Gasteiger partial charge in [-0.2, -0.15) is 0 Å². The highest BCUT2D eigenvalue weighted by Crippen LogP contribution is 2.24. The minimum absolute atomic E-state index is 0.0414. The van der Waals surface area contributed by atoms with Crippen molar-refractivity contribution in [3.63, 3.8) is 0 Å². The minimum atomic E-state index is -0.0414. The predicted molar refractivity (Wildman–Crippen MR) is 117 cm³/mol. The van der Waals surface area contributed by atoms with Gasteiger partial charge in [0, 0.05) is 49.7 Å². The summed E-state index contributed by atoms with van der Waals surface area (Å²) in [5.74, 6) is 2.08. The monoisotopic (exact) mass is 404 g/mol. The van der Waals surface area contributed by atoms with Crippen LogP contribution in [0.1, 0.15) is 48.5 Å². The highest BCUT2D eigenvalue weighted by Gasteiger charge is 2.23. The van der Waals surface area contributed by atoms with E-state index in [1.54, 1.807) is 6.20 Å². The Labute approximate surface area is 177 Å². The standard InChI is InChI=1S/C23H28N6O/c1-16(2)22-26-11-18(12-27-22)14-29-9-10-30-21(15-29)20-7-6-19(13-25-20)28-23-17(3)5-4-8-24-23/h4-8,11-13,16,21H,9-10,14-15H2,1-3H3,(H,24,28)/t21-/m1/s1. The van der Waals surface area contributed by atoms with Gasteiger partial charge in [0.05, 0.1) is 24.2 Å². The van der Waals surface area contributed by atoms with Crippen molar-refractivity contribution in [2.75, 3.05) is 25.0 Å². The number of nitrogens with one attached hydrogen (secondary N) is 1. The van der Waals surface area contributed by atoms with E-state index in [-0.39, 0.29) is 6.10 Å². The Balaban J connectivity index is 1.37. The first-order valence-corrected chi connectivity index (χ1v) is 10.4. The molecule has 156 valence electrons. The number of hydrogen-bond acceptors (Lipinski definition) is 7. The summed E-state index contributed by atoms with van der Waals surface area (Å²) in [5.41, 5.74) is 4.07. The summed E-state index contributed by atoms with van der Waals surface area (Å²) in [5, 5.41) is 3.32. The van der Waals surface area contributed by atoms with E-state index in [2.05, 4.69) is 44.0 Å². The molecule has 0 aromatic carbocycles. The van der Waals surface area contributed by atoms with Crippen LogP contribution in [0, 0.1) is 6.92 Å². The third-order valence-electron chi connectivity index (χ3n) is 5.19. The lowest BCUT2D eigenvalue weighted by Crippen LogP contribution is -2.38. The first kappa shape index (κ1) is 20.4. The molecule has 1 N–H and O–H groups in total. The van der Waals surface area contributed by atoms with E-state index in [9.17, 15) is 0 Å². The molecule has 7 heteroatoms. The number of morpholine rings is 1. The van der Waals surface area contributed by atoms with Crippen molar-refractivity contribution in [3.05, 3.63) is 71.7 Å². The lowest BCUT2D eigenvalue weighted by atomic mass is 10.1. The van der Waals surface area contributed by atoms with Crippen LogP contribution in [0.3, 0.4) is 0 Å². The maximum absolute atomic E-state index is 5.99. The fourth-order valence-electron chi connectivity index (χ4n) is 3.45. The Morgan fingerprint density at radius 2 is 1.93 bits per heavy atom. The molecule has 0 bridgehead atoms. The Bertz CT molecular complexity index is 958. The van der Waals surface area contributed by atoms with Crippen molar-refractivity contribution >= 4 is 11.5 Å². The zero-order chi connectivity index (χ0) is 20.9. The van der Waals surface area contributed by atoms with Gasteiger partial charge in [0.2, 0.25) is 0 Å². The lowest BCUT2D eigenvalue weighted by Gasteiger charge is -2.32. The molecule has 4 rings (SSSR count). The normalized spacial score (nSPS) is 17.3. The highest BCUT2D eigenvalue weighted by molar-refractivity contribution is 5.57. The molecule has 0 unspecified atom stereocenters. The molecular formula is C23H28N6O. The van der Waals surface area contributed by atoms with Crippen LogP contribution >= 0.6 is 0 Å².